The van der Waals surface area contributed by atoms with Crippen LogP contribution in [0, 0.1) is 6.92 Å². The van der Waals surface area contributed by atoms with Gasteiger partial charge in [0.25, 0.3) is 0 Å². The van der Waals surface area contributed by atoms with E-state index in [9.17, 15) is 0 Å². The number of methoxy groups -OCH3 is 2. The Kier molecular flexibility index (Phi) is 6.10. The van der Waals surface area contributed by atoms with Crippen molar-refractivity contribution in [1.82, 2.24) is 9.97 Å². The van der Waals surface area contributed by atoms with Crippen molar-refractivity contribution in [2.75, 3.05) is 31.4 Å². The standard InChI is InChI=1S/C21H24N4O2/c1-15-23-20(22-12-11-16-5-4-6-19(13-16)27-3)14-21(24-15)25-17-7-9-18(26-2)10-8-17/h4-10,13-14H,11-12H2,1-3H3,(H2,22,23,24,25). The summed E-state index contributed by atoms with van der Waals surface area (Å²) in [6.07, 6.45) is 0.876. The first-order valence-electron chi connectivity index (χ1n) is 8.80. The van der Waals surface area contributed by atoms with Crippen LogP contribution < -0.4 is 20.1 Å². The smallest absolute Gasteiger partial charge is 0.136 e. The third-order valence-corrected chi connectivity index (χ3v) is 4.05. The van der Waals surface area contributed by atoms with E-state index in [4.69, 9.17) is 9.47 Å². The van der Waals surface area contributed by atoms with E-state index in [0.29, 0.717) is 5.82 Å². The van der Waals surface area contributed by atoms with Crippen LogP contribution in [0.25, 0.3) is 0 Å². The zero-order valence-electron chi connectivity index (χ0n) is 15.8. The summed E-state index contributed by atoms with van der Waals surface area (Å²) >= 11 is 0. The molecule has 0 atom stereocenters. The zero-order valence-corrected chi connectivity index (χ0v) is 15.8. The van der Waals surface area contributed by atoms with Crippen molar-refractivity contribution in [3.8, 4) is 11.5 Å². The molecule has 6 nitrogen and oxygen atoms in total. The molecule has 0 aliphatic rings. The molecule has 1 aromatic heterocycles. The van der Waals surface area contributed by atoms with Gasteiger partial charge in [0.2, 0.25) is 0 Å². The molecule has 0 radical (unpaired) electrons. The number of hydrogen-bond donors (Lipinski definition) is 2. The van der Waals surface area contributed by atoms with Crippen molar-refractivity contribution in [2.24, 2.45) is 0 Å². The molecule has 0 aliphatic heterocycles. The van der Waals surface area contributed by atoms with Crippen molar-refractivity contribution in [3.63, 3.8) is 0 Å². The monoisotopic (exact) mass is 364 g/mol. The van der Waals surface area contributed by atoms with E-state index in [0.717, 1.165) is 41.8 Å². The van der Waals surface area contributed by atoms with E-state index < -0.39 is 0 Å². The molecule has 0 saturated heterocycles. The van der Waals surface area contributed by atoms with Gasteiger partial charge in [-0.1, -0.05) is 12.1 Å². The highest BCUT2D eigenvalue weighted by Crippen LogP contribution is 2.20. The highest BCUT2D eigenvalue weighted by molar-refractivity contribution is 5.60. The summed E-state index contributed by atoms with van der Waals surface area (Å²) in [6, 6.07) is 17.7. The Hall–Kier alpha value is -3.28. The van der Waals surface area contributed by atoms with Crippen LogP contribution in [0.2, 0.25) is 0 Å². The van der Waals surface area contributed by atoms with Crippen LogP contribution >= 0.6 is 0 Å². The second-order valence-corrected chi connectivity index (χ2v) is 6.07. The highest BCUT2D eigenvalue weighted by atomic mass is 16.5. The maximum absolute atomic E-state index is 5.26. The summed E-state index contributed by atoms with van der Waals surface area (Å²) in [5.41, 5.74) is 2.15. The van der Waals surface area contributed by atoms with Crippen LogP contribution in [-0.4, -0.2) is 30.7 Å². The van der Waals surface area contributed by atoms with E-state index in [1.54, 1.807) is 14.2 Å². The predicted octanol–water partition coefficient (Wildman–Crippen LogP) is 4.20. The van der Waals surface area contributed by atoms with Crippen LogP contribution in [0.3, 0.4) is 0 Å². The normalized spacial score (nSPS) is 10.3. The molecule has 0 saturated carbocycles. The third kappa shape index (κ3) is 5.34. The highest BCUT2D eigenvalue weighted by Gasteiger charge is 2.04. The summed E-state index contributed by atoms with van der Waals surface area (Å²) in [7, 11) is 3.33. The van der Waals surface area contributed by atoms with Crippen LogP contribution in [0.1, 0.15) is 11.4 Å². The van der Waals surface area contributed by atoms with Gasteiger partial charge < -0.3 is 20.1 Å². The lowest BCUT2D eigenvalue weighted by Crippen LogP contribution is -2.08. The minimum atomic E-state index is 0.706. The number of ether oxygens (including phenoxy) is 2. The van der Waals surface area contributed by atoms with Crippen molar-refractivity contribution in [1.29, 1.82) is 0 Å². The molecule has 3 rings (SSSR count). The number of nitrogens with zero attached hydrogens (tertiary/aromatic N) is 2. The molecule has 0 bridgehead atoms. The molecular weight excluding hydrogens is 340 g/mol. The molecule has 3 aromatic rings. The van der Waals surface area contributed by atoms with Gasteiger partial charge in [-0.3, -0.25) is 0 Å². The molecule has 1 heterocycles. The van der Waals surface area contributed by atoms with E-state index in [1.807, 2.05) is 55.5 Å². The van der Waals surface area contributed by atoms with Crippen LogP contribution in [-0.2, 0) is 6.42 Å². The van der Waals surface area contributed by atoms with Gasteiger partial charge in [0, 0.05) is 18.3 Å². The maximum atomic E-state index is 5.26. The van der Waals surface area contributed by atoms with E-state index in [-0.39, 0.29) is 0 Å². The summed E-state index contributed by atoms with van der Waals surface area (Å²) in [5.74, 6) is 3.94. The lowest BCUT2D eigenvalue weighted by molar-refractivity contribution is 0.414. The number of rotatable bonds is 8. The minimum Gasteiger partial charge on any atom is -0.497 e. The molecule has 140 valence electrons. The summed E-state index contributed by atoms with van der Waals surface area (Å²) in [6.45, 7) is 2.65. The average molecular weight is 364 g/mol. The second-order valence-electron chi connectivity index (χ2n) is 6.07. The van der Waals surface area contributed by atoms with Crippen LogP contribution in [0.5, 0.6) is 11.5 Å². The van der Waals surface area contributed by atoms with Gasteiger partial charge in [-0.05, 0) is 55.3 Å². The van der Waals surface area contributed by atoms with Gasteiger partial charge in [-0.15, -0.1) is 0 Å². The number of aryl methyl sites for hydroxylation is 1. The fraction of sp³-hybridized carbons (Fsp3) is 0.238. The summed E-state index contributed by atoms with van der Waals surface area (Å²) < 4.78 is 10.4. The van der Waals surface area contributed by atoms with Crippen molar-refractivity contribution < 1.29 is 9.47 Å². The lowest BCUT2D eigenvalue weighted by atomic mass is 10.1. The fourth-order valence-electron chi connectivity index (χ4n) is 2.71. The molecular formula is C21H24N4O2. The predicted molar refractivity (Wildman–Crippen MR) is 108 cm³/mol. The molecule has 0 amide bonds. The van der Waals surface area contributed by atoms with Crippen molar-refractivity contribution >= 4 is 17.3 Å². The van der Waals surface area contributed by atoms with E-state index in [1.165, 1.54) is 5.56 Å². The Bertz CT molecular complexity index is 882. The number of anilines is 3. The van der Waals surface area contributed by atoms with Crippen LogP contribution in [0.4, 0.5) is 17.3 Å². The molecule has 27 heavy (non-hydrogen) atoms. The molecule has 0 unspecified atom stereocenters. The Balaban J connectivity index is 1.62. The van der Waals surface area contributed by atoms with Gasteiger partial charge in [-0.2, -0.15) is 0 Å². The molecule has 0 aliphatic carbocycles. The Morgan fingerprint density at radius 2 is 1.59 bits per heavy atom. The zero-order chi connectivity index (χ0) is 19.1. The summed E-state index contributed by atoms with van der Waals surface area (Å²) in [5, 5.41) is 6.66. The van der Waals surface area contributed by atoms with Crippen LogP contribution in [0.15, 0.2) is 54.6 Å². The second kappa shape index (κ2) is 8.89. The SMILES string of the molecule is COc1ccc(Nc2cc(NCCc3cccc(OC)c3)nc(C)n2)cc1. The minimum absolute atomic E-state index is 0.706. The number of aromatic nitrogens is 2. The first kappa shape index (κ1) is 18.5. The number of hydrogen-bond acceptors (Lipinski definition) is 6. The maximum Gasteiger partial charge on any atom is 0.136 e. The van der Waals surface area contributed by atoms with Crippen molar-refractivity contribution in [2.45, 2.75) is 13.3 Å². The average Bonchev–Trinajstić information content (AvgIpc) is 2.68. The Morgan fingerprint density at radius 3 is 2.33 bits per heavy atom. The number of nitrogens with one attached hydrogen (secondary N) is 2. The van der Waals surface area contributed by atoms with Gasteiger partial charge in [0.15, 0.2) is 0 Å². The quantitative estimate of drug-likeness (QED) is 0.624. The first-order valence-corrected chi connectivity index (χ1v) is 8.80. The van der Waals surface area contributed by atoms with Gasteiger partial charge in [0.05, 0.1) is 14.2 Å². The molecule has 2 N–H and O–H groups in total. The molecule has 2 aromatic carbocycles. The first-order chi connectivity index (χ1) is 13.2. The fourth-order valence-corrected chi connectivity index (χ4v) is 2.71. The Labute approximate surface area is 159 Å². The lowest BCUT2D eigenvalue weighted by Gasteiger charge is -2.11. The topological polar surface area (TPSA) is 68.3 Å². The molecule has 0 spiro atoms. The van der Waals surface area contributed by atoms with Crippen molar-refractivity contribution in [3.05, 3.63) is 66.0 Å². The Morgan fingerprint density at radius 1 is 0.852 bits per heavy atom. The van der Waals surface area contributed by atoms with Gasteiger partial charge >= 0.3 is 0 Å². The van der Waals surface area contributed by atoms with Gasteiger partial charge in [0.1, 0.15) is 29.0 Å². The number of benzene rings is 2. The van der Waals surface area contributed by atoms with E-state index >= 15 is 0 Å². The van der Waals surface area contributed by atoms with Gasteiger partial charge in [-0.25, -0.2) is 9.97 Å². The summed E-state index contributed by atoms with van der Waals surface area (Å²) in [4.78, 5) is 8.91. The molecule has 6 heteroatoms. The third-order valence-electron chi connectivity index (χ3n) is 4.05. The largest absolute Gasteiger partial charge is 0.497 e. The molecule has 0 fully saturated rings. The van der Waals surface area contributed by atoms with E-state index in [2.05, 4.69) is 26.7 Å².